The van der Waals surface area contributed by atoms with E-state index in [1.807, 2.05) is 0 Å². The number of rotatable bonds is 43. The molecule has 1 rings (SSSR count). The van der Waals surface area contributed by atoms with Gasteiger partial charge >= 0.3 is 16.4 Å². The number of allylic oxidation sites excluding steroid dienone is 12. The molecule has 1 heterocycles. The Bertz CT molecular complexity index is 1410. The molecule has 0 aromatic rings. The Hall–Kier alpha value is -2.46. The van der Waals surface area contributed by atoms with E-state index in [4.69, 9.17) is 18.9 Å². The summed E-state index contributed by atoms with van der Waals surface area (Å²) in [6.07, 6.45) is 46.4. The quantitative estimate of drug-likeness (QED) is 0.0197. The smallest absolute Gasteiger partial charge is 0.397 e. The van der Waals surface area contributed by atoms with Gasteiger partial charge in [-0.1, -0.05) is 189 Å². The fourth-order valence-electron chi connectivity index (χ4n) is 7.32. The molecule has 0 aromatic carbocycles. The summed E-state index contributed by atoms with van der Waals surface area (Å²) in [4.78, 5) is 12.9. The van der Waals surface area contributed by atoms with Gasteiger partial charge in [-0.15, -0.1) is 0 Å². The summed E-state index contributed by atoms with van der Waals surface area (Å²) in [5.74, 6) is -0.415. The Morgan fingerprint density at radius 1 is 0.600 bits per heavy atom. The average molecular weight is 939 g/mol. The van der Waals surface area contributed by atoms with Crippen LogP contribution in [0.2, 0.25) is 0 Å². The summed E-state index contributed by atoms with van der Waals surface area (Å²) in [5, 5.41) is 30.7. The molecule has 1 aliphatic rings. The van der Waals surface area contributed by atoms with Gasteiger partial charge in [-0.3, -0.25) is 9.35 Å². The van der Waals surface area contributed by atoms with Crippen LogP contribution in [0.5, 0.6) is 0 Å². The van der Waals surface area contributed by atoms with Gasteiger partial charge in [-0.2, -0.15) is 8.42 Å². The summed E-state index contributed by atoms with van der Waals surface area (Å²) < 4.78 is 59.2. The maximum atomic E-state index is 12.9. The van der Waals surface area contributed by atoms with Gasteiger partial charge in [0.05, 0.1) is 19.8 Å². The molecule has 0 aliphatic carbocycles. The summed E-state index contributed by atoms with van der Waals surface area (Å²) in [5.41, 5.74) is 0. The van der Waals surface area contributed by atoms with Crippen molar-refractivity contribution in [3.8, 4) is 0 Å². The van der Waals surface area contributed by atoms with Crippen molar-refractivity contribution in [2.75, 3.05) is 26.4 Å². The number of ether oxygens (including phenoxy) is 4. The highest BCUT2D eigenvalue weighted by Gasteiger charge is 2.48. The molecule has 376 valence electrons. The Kier molecular flexibility index (Phi) is 39.9. The Morgan fingerprint density at radius 2 is 1.06 bits per heavy atom. The standard InChI is InChI=1S/C52H90O12S/c1-3-5-7-9-11-13-15-17-18-19-20-21-22-23-24-25-26-27-28-29-31-33-35-37-39-41-48(54)62-46(44-60-42-40-38-36-34-32-30-16-14-12-10-8-6-4-2)45-61-52-50(56)51(64-65(57,58)59)49(55)47(43-53)63-52/h5,7,11,13,17-18,20-21,23-24,26-27,46-47,49-53,55-56H,3-4,6,8-10,12,14-16,19,22,25,28-45H2,1-2H3,(H,57,58,59)/b7-5-,13-11-,18-17-,21-20-,24-23-,27-26-. The molecular formula is C52H90O12S. The molecule has 65 heavy (non-hydrogen) atoms. The highest BCUT2D eigenvalue weighted by Crippen LogP contribution is 2.26. The van der Waals surface area contributed by atoms with E-state index >= 15 is 0 Å². The third-order valence-corrected chi connectivity index (χ3v) is 11.6. The minimum absolute atomic E-state index is 0.0284. The zero-order valence-corrected chi connectivity index (χ0v) is 41.1. The van der Waals surface area contributed by atoms with E-state index in [1.54, 1.807) is 0 Å². The number of hydrogen-bond donors (Lipinski definition) is 4. The van der Waals surface area contributed by atoms with Crippen molar-refractivity contribution in [1.29, 1.82) is 0 Å². The summed E-state index contributed by atoms with van der Waals surface area (Å²) in [6.45, 7) is 3.86. The van der Waals surface area contributed by atoms with E-state index in [0.29, 0.717) is 13.0 Å². The molecule has 0 saturated carbocycles. The second-order valence-electron chi connectivity index (χ2n) is 17.0. The van der Waals surface area contributed by atoms with Crippen LogP contribution in [0.15, 0.2) is 72.9 Å². The highest BCUT2D eigenvalue weighted by atomic mass is 32.3. The van der Waals surface area contributed by atoms with Crippen LogP contribution in [-0.4, -0.2) is 97.5 Å². The van der Waals surface area contributed by atoms with Crippen LogP contribution >= 0.6 is 0 Å². The molecule has 1 aliphatic heterocycles. The molecule has 6 unspecified atom stereocenters. The number of carbonyl (C=O) groups excluding carboxylic acids is 1. The number of aliphatic hydroxyl groups excluding tert-OH is 3. The van der Waals surface area contributed by atoms with Gasteiger partial charge in [-0.05, 0) is 64.2 Å². The van der Waals surface area contributed by atoms with Crippen LogP contribution in [0.1, 0.15) is 187 Å². The monoisotopic (exact) mass is 939 g/mol. The minimum atomic E-state index is -5.07. The van der Waals surface area contributed by atoms with Crippen molar-refractivity contribution in [1.82, 2.24) is 0 Å². The van der Waals surface area contributed by atoms with Crippen molar-refractivity contribution < 1.29 is 56.2 Å². The molecule has 0 aromatic heterocycles. The van der Waals surface area contributed by atoms with E-state index in [0.717, 1.165) is 96.3 Å². The van der Waals surface area contributed by atoms with Crippen molar-refractivity contribution >= 4 is 16.4 Å². The number of esters is 1. The third kappa shape index (κ3) is 36.3. The molecule has 4 N–H and O–H groups in total. The molecule has 12 nitrogen and oxygen atoms in total. The number of aliphatic hydroxyl groups is 3. The van der Waals surface area contributed by atoms with Crippen LogP contribution in [0, 0.1) is 0 Å². The molecule has 1 saturated heterocycles. The molecule has 0 spiro atoms. The first-order valence-corrected chi connectivity index (χ1v) is 26.6. The van der Waals surface area contributed by atoms with Gasteiger partial charge in [0.25, 0.3) is 0 Å². The molecular weight excluding hydrogens is 849 g/mol. The highest BCUT2D eigenvalue weighted by molar-refractivity contribution is 7.80. The first-order chi connectivity index (χ1) is 31.6. The zero-order valence-electron chi connectivity index (χ0n) is 40.3. The number of unbranched alkanes of at least 4 members (excludes halogenated alkanes) is 18. The largest absolute Gasteiger partial charge is 0.457 e. The predicted octanol–water partition coefficient (Wildman–Crippen LogP) is 11.5. The second kappa shape index (κ2) is 42.9. The van der Waals surface area contributed by atoms with Gasteiger partial charge in [0, 0.05) is 13.0 Å². The summed E-state index contributed by atoms with van der Waals surface area (Å²) in [7, 11) is -5.07. The van der Waals surface area contributed by atoms with Gasteiger partial charge in [0.2, 0.25) is 0 Å². The van der Waals surface area contributed by atoms with Gasteiger partial charge in [0.1, 0.15) is 30.5 Å². The zero-order chi connectivity index (χ0) is 47.5. The maximum Gasteiger partial charge on any atom is 0.397 e. The Balaban J connectivity index is 2.36. The van der Waals surface area contributed by atoms with Crippen molar-refractivity contribution in [3.63, 3.8) is 0 Å². The second-order valence-corrected chi connectivity index (χ2v) is 18.1. The molecule has 6 atom stereocenters. The van der Waals surface area contributed by atoms with Gasteiger partial charge in [-0.25, -0.2) is 4.18 Å². The van der Waals surface area contributed by atoms with Crippen molar-refractivity contribution in [2.24, 2.45) is 0 Å². The Labute approximate surface area is 394 Å². The first-order valence-electron chi connectivity index (χ1n) is 25.2. The third-order valence-electron chi connectivity index (χ3n) is 11.1. The van der Waals surface area contributed by atoms with Crippen molar-refractivity contribution in [3.05, 3.63) is 72.9 Å². The van der Waals surface area contributed by atoms with E-state index in [2.05, 4.69) is 90.9 Å². The minimum Gasteiger partial charge on any atom is -0.457 e. The maximum absolute atomic E-state index is 12.9. The molecule has 0 radical (unpaired) electrons. The first kappa shape index (κ1) is 60.6. The normalized spacial score (nSPS) is 20.2. The lowest BCUT2D eigenvalue weighted by Crippen LogP contribution is -2.60. The molecule has 1 fully saturated rings. The molecule has 0 amide bonds. The topological polar surface area (TPSA) is 178 Å². The Morgan fingerprint density at radius 3 is 1.55 bits per heavy atom. The fraction of sp³-hybridized carbons (Fsp3) is 0.750. The van der Waals surface area contributed by atoms with Crippen LogP contribution < -0.4 is 0 Å². The van der Waals surface area contributed by atoms with E-state index < -0.39 is 59.8 Å². The van der Waals surface area contributed by atoms with E-state index in [9.17, 15) is 33.1 Å². The van der Waals surface area contributed by atoms with Crippen molar-refractivity contribution in [2.45, 2.75) is 224 Å². The molecule has 13 heteroatoms. The molecule has 0 bridgehead atoms. The van der Waals surface area contributed by atoms with Crippen LogP contribution in [0.3, 0.4) is 0 Å². The average Bonchev–Trinajstić information content (AvgIpc) is 3.28. The van der Waals surface area contributed by atoms with Crippen LogP contribution in [-0.2, 0) is 38.3 Å². The van der Waals surface area contributed by atoms with Gasteiger partial charge < -0.3 is 34.3 Å². The number of carbonyl (C=O) groups is 1. The van der Waals surface area contributed by atoms with Gasteiger partial charge in [0.15, 0.2) is 6.29 Å². The lowest BCUT2D eigenvalue weighted by molar-refractivity contribution is -0.301. The SMILES string of the molecule is CC/C=C\C/C=C\C/C=C\C/C=C\C/C=C\C/C=C\CCCCCCCCC(=O)OC(COCCCCCCCCCCCCCCC)COC1OC(CO)C(O)C(OS(=O)(=O)O)C1O. The predicted molar refractivity (Wildman–Crippen MR) is 262 cm³/mol. The lowest BCUT2D eigenvalue weighted by Gasteiger charge is -2.41. The van der Waals surface area contributed by atoms with Crippen LogP contribution in [0.25, 0.3) is 0 Å². The fourth-order valence-corrected chi connectivity index (χ4v) is 7.83. The summed E-state index contributed by atoms with van der Waals surface area (Å²) in [6, 6.07) is 0. The summed E-state index contributed by atoms with van der Waals surface area (Å²) >= 11 is 0. The van der Waals surface area contributed by atoms with Crippen LogP contribution in [0.4, 0.5) is 0 Å². The lowest BCUT2D eigenvalue weighted by atomic mass is 9.99. The van der Waals surface area contributed by atoms with E-state index in [-0.39, 0.29) is 19.6 Å². The van der Waals surface area contributed by atoms with E-state index in [1.165, 1.54) is 64.2 Å². The number of hydrogen-bond acceptors (Lipinski definition) is 11.